The fraction of sp³-hybridized carbons (Fsp3) is 0.667. The first kappa shape index (κ1) is 17.7. The number of hydrogen-bond donors (Lipinski definition) is 2. The van der Waals surface area contributed by atoms with Crippen molar-refractivity contribution in [1.82, 2.24) is 9.97 Å². The highest BCUT2D eigenvalue weighted by atomic mass is 32.2. The number of fused-ring (bicyclic) bond motifs is 3. The number of aryl methyl sites for hydroxylation is 1. The number of aliphatic hydroxyl groups excluding tert-OH is 1. The van der Waals surface area contributed by atoms with Gasteiger partial charge in [0.1, 0.15) is 41.9 Å². The summed E-state index contributed by atoms with van der Waals surface area (Å²) in [6.07, 6.45) is 4.93. The van der Waals surface area contributed by atoms with E-state index in [-0.39, 0.29) is 6.10 Å². The third-order valence-corrected chi connectivity index (χ3v) is 7.49. The van der Waals surface area contributed by atoms with Gasteiger partial charge >= 0.3 is 0 Å². The van der Waals surface area contributed by atoms with Gasteiger partial charge in [0.25, 0.3) is 0 Å². The van der Waals surface area contributed by atoms with E-state index in [4.69, 9.17) is 4.74 Å². The fourth-order valence-corrected chi connectivity index (χ4v) is 6.16. The lowest BCUT2D eigenvalue weighted by Crippen LogP contribution is -3.15. The standard InChI is InChI=1S/C18H25N3O2S2/c1-12-2-3-14-15(8-12)25-18-16(14)17(19-11-20-18)24-10-13(22)9-21-4-6-23-7-5-21/h11-13,22H,2-10H2,1H3/p+1/t12-,13+/m1/s1. The molecule has 2 aliphatic rings. The van der Waals surface area contributed by atoms with Crippen LogP contribution in [0.15, 0.2) is 11.4 Å². The van der Waals surface area contributed by atoms with Crippen LogP contribution in [0.4, 0.5) is 0 Å². The number of ether oxygens (including phenoxy) is 1. The molecule has 1 aliphatic carbocycles. The molecule has 2 N–H and O–H groups in total. The minimum Gasteiger partial charge on any atom is -0.386 e. The molecule has 25 heavy (non-hydrogen) atoms. The molecule has 0 amide bonds. The van der Waals surface area contributed by atoms with Crippen molar-refractivity contribution in [2.24, 2.45) is 5.92 Å². The van der Waals surface area contributed by atoms with E-state index < -0.39 is 0 Å². The normalized spacial score (nSPS) is 22.9. The molecule has 5 nitrogen and oxygen atoms in total. The van der Waals surface area contributed by atoms with Crippen molar-refractivity contribution in [1.29, 1.82) is 0 Å². The number of rotatable bonds is 5. The molecule has 0 bridgehead atoms. The van der Waals surface area contributed by atoms with Crippen molar-refractivity contribution in [2.75, 3.05) is 38.6 Å². The first-order valence-electron chi connectivity index (χ1n) is 9.18. The number of nitrogens with one attached hydrogen (secondary N) is 1. The summed E-state index contributed by atoms with van der Waals surface area (Å²) in [5, 5.41) is 12.7. The molecule has 0 spiro atoms. The second kappa shape index (κ2) is 7.88. The molecule has 1 fully saturated rings. The van der Waals surface area contributed by atoms with E-state index >= 15 is 0 Å². The zero-order chi connectivity index (χ0) is 17.2. The summed E-state index contributed by atoms with van der Waals surface area (Å²) in [5.41, 5.74) is 1.47. The van der Waals surface area contributed by atoms with Crippen LogP contribution in [0.3, 0.4) is 0 Å². The Balaban J connectivity index is 1.46. The molecule has 2 aromatic heterocycles. The molecule has 136 valence electrons. The Hall–Kier alpha value is -0.730. The number of thioether (sulfide) groups is 1. The van der Waals surface area contributed by atoms with Crippen molar-refractivity contribution in [3.63, 3.8) is 0 Å². The van der Waals surface area contributed by atoms with Gasteiger partial charge in [-0.3, -0.25) is 0 Å². The van der Waals surface area contributed by atoms with Crippen molar-refractivity contribution in [2.45, 2.75) is 37.3 Å². The van der Waals surface area contributed by atoms with Gasteiger partial charge in [-0.15, -0.1) is 23.1 Å². The predicted octanol–water partition coefficient (Wildman–Crippen LogP) is 1.18. The summed E-state index contributed by atoms with van der Waals surface area (Å²) in [6.45, 7) is 6.73. The van der Waals surface area contributed by atoms with E-state index in [1.54, 1.807) is 18.1 Å². The zero-order valence-electron chi connectivity index (χ0n) is 14.7. The first-order valence-corrected chi connectivity index (χ1v) is 11.0. The Kier molecular flexibility index (Phi) is 5.57. The van der Waals surface area contributed by atoms with E-state index in [0.29, 0.717) is 5.75 Å². The second-order valence-corrected chi connectivity index (χ2v) is 9.33. The predicted molar refractivity (Wildman–Crippen MR) is 102 cm³/mol. The van der Waals surface area contributed by atoms with Gasteiger partial charge in [0.05, 0.1) is 13.2 Å². The monoisotopic (exact) mass is 380 g/mol. The van der Waals surface area contributed by atoms with Crippen LogP contribution in [0.2, 0.25) is 0 Å². The second-order valence-electron chi connectivity index (χ2n) is 7.24. The smallest absolute Gasteiger partial charge is 0.128 e. The highest BCUT2D eigenvalue weighted by Gasteiger charge is 2.24. The molecule has 1 aliphatic heterocycles. The summed E-state index contributed by atoms with van der Waals surface area (Å²) in [7, 11) is 0. The first-order chi connectivity index (χ1) is 12.2. The average Bonchev–Trinajstić information content (AvgIpc) is 2.98. The molecule has 2 atom stereocenters. The number of thiophene rings is 1. The number of quaternary nitrogens is 1. The molecule has 0 unspecified atom stereocenters. The molecule has 2 aromatic rings. The Labute approximate surface area is 156 Å². The molecule has 0 aromatic carbocycles. The van der Waals surface area contributed by atoms with Gasteiger partial charge in [-0.05, 0) is 30.7 Å². The number of nitrogens with zero attached hydrogens (tertiary/aromatic N) is 2. The Morgan fingerprint density at radius 2 is 2.24 bits per heavy atom. The van der Waals surface area contributed by atoms with Crippen molar-refractivity contribution < 1.29 is 14.7 Å². The van der Waals surface area contributed by atoms with Gasteiger partial charge in [0, 0.05) is 16.0 Å². The van der Waals surface area contributed by atoms with Gasteiger partial charge in [-0.2, -0.15) is 0 Å². The Morgan fingerprint density at radius 3 is 3.08 bits per heavy atom. The van der Waals surface area contributed by atoms with E-state index in [9.17, 15) is 5.11 Å². The van der Waals surface area contributed by atoms with Crippen LogP contribution >= 0.6 is 23.1 Å². The van der Waals surface area contributed by atoms with Crippen molar-refractivity contribution in [3.05, 3.63) is 16.8 Å². The SMILES string of the molecule is C[C@@H]1CCc2c(sc3ncnc(SC[C@@H](O)C[NH+]4CCOCC4)c23)C1. The van der Waals surface area contributed by atoms with Gasteiger partial charge in [-0.1, -0.05) is 6.92 Å². The van der Waals surface area contributed by atoms with Crippen molar-refractivity contribution in [3.8, 4) is 0 Å². The van der Waals surface area contributed by atoms with Crippen LogP contribution in [0, 0.1) is 5.92 Å². The molecule has 1 saturated heterocycles. The minimum absolute atomic E-state index is 0.308. The van der Waals surface area contributed by atoms with Crippen LogP contribution in [0.5, 0.6) is 0 Å². The van der Waals surface area contributed by atoms with Gasteiger partial charge in [0.2, 0.25) is 0 Å². The van der Waals surface area contributed by atoms with Gasteiger partial charge < -0.3 is 14.7 Å². The number of morpholine rings is 1. The number of aliphatic hydroxyl groups is 1. The molecule has 0 saturated carbocycles. The third kappa shape index (κ3) is 4.01. The molecular formula is C18H26N3O2S2+. The molecule has 3 heterocycles. The lowest BCUT2D eigenvalue weighted by molar-refractivity contribution is -0.910. The Bertz CT molecular complexity index is 730. The van der Waals surface area contributed by atoms with Gasteiger partial charge in [-0.25, -0.2) is 9.97 Å². The summed E-state index contributed by atoms with van der Waals surface area (Å²) in [5.74, 6) is 1.46. The van der Waals surface area contributed by atoms with E-state index in [2.05, 4.69) is 16.9 Å². The fourth-order valence-electron chi connectivity index (χ4n) is 3.79. The van der Waals surface area contributed by atoms with E-state index in [0.717, 1.165) is 55.0 Å². The maximum Gasteiger partial charge on any atom is 0.128 e. The van der Waals surface area contributed by atoms with Crippen molar-refractivity contribution >= 4 is 33.3 Å². The van der Waals surface area contributed by atoms with Crippen LogP contribution in [-0.2, 0) is 17.6 Å². The van der Waals surface area contributed by atoms with Crippen LogP contribution in [0.25, 0.3) is 10.2 Å². The quantitative estimate of drug-likeness (QED) is 0.603. The van der Waals surface area contributed by atoms with Crippen LogP contribution in [0.1, 0.15) is 23.8 Å². The summed E-state index contributed by atoms with van der Waals surface area (Å²) in [6, 6.07) is 0. The third-order valence-electron chi connectivity index (χ3n) is 5.19. The highest BCUT2D eigenvalue weighted by Crippen LogP contribution is 2.40. The van der Waals surface area contributed by atoms with E-state index in [1.165, 1.54) is 33.6 Å². The number of hydrogen-bond acceptors (Lipinski definition) is 6. The maximum absolute atomic E-state index is 10.4. The van der Waals surface area contributed by atoms with E-state index in [1.807, 2.05) is 11.3 Å². The Morgan fingerprint density at radius 1 is 1.40 bits per heavy atom. The lowest BCUT2D eigenvalue weighted by Gasteiger charge is -2.25. The zero-order valence-corrected chi connectivity index (χ0v) is 16.3. The lowest BCUT2D eigenvalue weighted by atomic mass is 9.89. The summed E-state index contributed by atoms with van der Waals surface area (Å²) >= 11 is 3.52. The minimum atomic E-state index is -0.308. The average molecular weight is 381 g/mol. The largest absolute Gasteiger partial charge is 0.386 e. The number of aromatic nitrogens is 2. The maximum atomic E-state index is 10.4. The summed E-state index contributed by atoms with van der Waals surface area (Å²) < 4.78 is 5.39. The molecule has 4 rings (SSSR count). The van der Waals surface area contributed by atoms with Crippen LogP contribution < -0.4 is 4.90 Å². The summed E-state index contributed by atoms with van der Waals surface area (Å²) in [4.78, 5) is 13.1. The topological polar surface area (TPSA) is 59.7 Å². The molecule has 0 radical (unpaired) electrons. The molecular weight excluding hydrogens is 354 g/mol. The van der Waals surface area contributed by atoms with Crippen LogP contribution in [-0.4, -0.2) is 59.8 Å². The molecule has 7 heteroatoms. The highest BCUT2D eigenvalue weighted by molar-refractivity contribution is 7.99. The van der Waals surface area contributed by atoms with Gasteiger partial charge in [0.15, 0.2) is 0 Å².